The molecule has 0 atom stereocenters. The van der Waals surface area contributed by atoms with Crippen LogP contribution in [-0.4, -0.2) is 27.3 Å². The maximum Gasteiger partial charge on any atom is 0.234 e. The smallest absolute Gasteiger partial charge is 0.234 e. The van der Waals surface area contributed by atoms with Crippen LogP contribution in [0.15, 0.2) is 16.6 Å². The predicted molar refractivity (Wildman–Crippen MR) is 70.0 cm³/mol. The lowest BCUT2D eigenvalue weighted by Crippen LogP contribution is -2.26. The lowest BCUT2D eigenvalue weighted by atomic mass is 10.3. The number of benzene rings is 1. The van der Waals surface area contributed by atoms with E-state index in [4.69, 9.17) is 0 Å². The maximum atomic E-state index is 13.3. The average molecular weight is 343 g/mol. The summed E-state index contributed by atoms with van der Waals surface area (Å²) >= 11 is 2.86. The summed E-state index contributed by atoms with van der Waals surface area (Å²) in [4.78, 5) is 0. The van der Waals surface area contributed by atoms with Crippen LogP contribution in [0.1, 0.15) is 6.92 Å². The zero-order valence-electron chi connectivity index (χ0n) is 9.63. The van der Waals surface area contributed by atoms with Crippen molar-refractivity contribution in [2.24, 2.45) is 0 Å². The van der Waals surface area contributed by atoms with Crippen LogP contribution >= 0.6 is 15.9 Å². The molecular formula is C10H13BrF2N2O2S. The third-order valence-corrected chi connectivity index (χ3v) is 3.95. The van der Waals surface area contributed by atoms with Gasteiger partial charge in [-0.1, -0.05) is 6.92 Å². The van der Waals surface area contributed by atoms with Crippen molar-refractivity contribution in [2.75, 3.05) is 23.6 Å². The van der Waals surface area contributed by atoms with Gasteiger partial charge in [0.2, 0.25) is 10.0 Å². The van der Waals surface area contributed by atoms with Crippen LogP contribution < -0.4 is 10.0 Å². The van der Waals surface area contributed by atoms with Gasteiger partial charge in [-0.2, -0.15) is 0 Å². The second kappa shape index (κ2) is 6.44. The molecule has 0 aliphatic carbocycles. The van der Waals surface area contributed by atoms with Gasteiger partial charge in [0.15, 0.2) is 0 Å². The highest BCUT2D eigenvalue weighted by molar-refractivity contribution is 9.10. The predicted octanol–water partition coefficient (Wildman–Crippen LogP) is 2.08. The third-order valence-electron chi connectivity index (χ3n) is 2.07. The molecule has 0 aliphatic heterocycles. The van der Waals surface area contributed by atoms with Gasteiger partial charge in [-0.05, 0) is 28.5 Å². The van der Waals surface area contributed by atoms with Crippen LogP contribution in [0.3, 0.4) is 0 Å². The van der Waals surface area contributed by atoms with Crippen LogP contribution in [0.5, 0.6) is 0 Å². The largest absolute Gasteiger partial charge is 0.316 e. The molecule has 0 saturated heterocycles. The van der Waals surface area contributed by atoms with Gasteiger partial charge in [0.1, 0.15) is 11.6 Å². The van der Waals surface area contributed by atoms with Gasteiger partial charge in [-0.3, -0.25) is 4.72 Å². The molecule has 1 rings (SSSR count). The Morgan fingerprint density at radius 1 is 1.28 bits per heavy atom. The van der Waals surface area contributed by atoms with E-state index in [-0.39, 0.29) is 22.5 Å². The molecule has 0 aromatic heterocycles. The minimum atomic E-state index is -3.65. The molecule has 1 aromatic rings. The Balaban J connectivity index is 2.81. The Morgan fingerprint density at radius 3 is 2.56 bits per heavy atom. The topological polar surface area (TPSA) is 58.2 Å². The molecule has 8 heteroatoms. The number of nitrogens with one attached hydrogen (secondary N) is 2. The molecule has 102 valence electrons. The maximum absolute atomic E-state index is 13.3. The van der Waals surface area contributed by atoms with Crippen LogP contribution in [0.2, 0.25) is 0 Å². The molecule has 0 bridgehead atoms. The summed E-state index contributed by atoms with van der Waals surface area (Å²) in [7, 11) is -3.65. The first-order valence-electron chi connectivity index (χ1n) is 5.21. The zero-order valence-corrected chi connectivity index (χ0v) is 12.0. The summed E-state index contributed by atoms with van der Waals surface area (Å²) in [5, 5.41) is 2.84. The molecular weight excluding hydrogens is 330 g/mol. The standard InChI is InChI=1S/C10H13BrF2N2O2S/c1-2-14-3-4-18(16,17)15-10-5-7(11)8(12)6-9(10)13/h5-6,14-15H,2-4H2,1H3. The van der Waals surface area contributed by atoms with Crippen molar-refractivity contribution < 1.29 is 17.2 Å². The van der Waals surface area contributed by atoms with Gasteiger partial charge in [0.25, 0.3) is 0 Å². The molecule has 0 saturated carbocycles. The van der Waals surface area contributed by atoms with Gasteiger partial charge in [-0.15, -0.1) is 0 Å². The molecule has 0 aliphatic rings. The van der Waals surface area contributed by atoms with Crippen molar-refractivity contribution >= 4 is 31.6 Å². The molecule has 0 spiro atoms. The number of hydrogen-bond donors (Lipinski definition) is 2. The highest BCUT2D eigenvalue weighted by Crippen LogP contribution is 2.24. The highest BCUT2D eigenvalue weighted by Gasteiger charge is 2.15. The molecule has 0 amide bonds. The van der Waals surface area contributed by atoms with E-state index in [1.165, 1.54) is 0 Å². The van der Waals surface area contributed by atoms with E-state index in [9.17, 15) is 17.2 Å². The summed E-state index contributed by atoms with van der Waals surface area (Å²) in [5.41, 5.74) is -0.278. The van der Waals surface area contributed by atoms with Gasteiger partial charge in [0.05, 0.1) is 15.9 Å². The molecule has 1 aromatic carbocycles. The number of halogens is 3. The average Bonchev–Trinajstić information content (AvgIpc) is 2.26. The monoisotopic (exact) mass is 342 g/mol. The second-order valence-electron chi connectivity index (χ2n) is 3.52. The van der Waals surface area contributed by atoms with E-state index in [1.807, 2.05) is 6.92 Å². The lowest BCUT2D eigenvalue weighted by molar-refractivity contribution is 0.578. The first-order chi connectivity index (χ1) is 8.35. The summed E-state index contributed by atoms with van der Waals surface area (Å²) in [6, 6.07) is 1.67. The Bertz CT molecular complexity index is 523. The van der Waals surface area contributed by atoms with Crippen LogP contribution in [-0.2, 0) is 10.0 Å². The van der Waals surface area contributed by atoms with Gasteiger partial charge >= 0.3 is 0 Å². The zero-order chi connectivity index (χ0) is 13.8. The normalized spacial score (nSPS) is 11.6. The molecule has 0 radical (unpaired) electrons. The fourth-order valence-electron chi connectivity index (χ4n) is 1.20. The number of anilines is 1. The summed E-state index contributed by atoms with van der Waals surface area (Å²) in [5.74, 6) is -1.93. The van der Waals surface area contributed by atoms with Crippen molar-refractivity contribution in [2.45, 2.75) is 6.92 Å². The first kappa shape index (κ1) is 15.3. The van der Waals surface area contributed by atoms with Gasteiger partial charge in [-0.25, -0.2) is 17.2 Å². The van der Waals surface area contributed by atoms with Gasteiger partial charge < -0.3 is 5.32 Å². The van der Waals surface area contributed by atoms with E-state index in [0.717, 1.165) is 6.07 Å². The number of hydrogen-bond acceptors (Lipinski definition) is 3. The summed E-state index contributed by atoms with van der Waals surface area (Å²) in [6.07, 6.45) is 0. The Labute approximate surface area is 113 Å². The van der Waals surface area contributed by atoms with Crippen molar-refractivity contribution in [1.29, 1.82) is 0 Å². The van der Waals surface area contributed by atoms with Crippen LogP contribution in [0, 0.1) is 11.6 Å². The highest BCUT2D eigenvalue weighted by atomic mass is 79.9. The molecule has 0 unspecified atom stereocenters. The first-order valence-corrected chi connectivity index (χ1v) is 7.66. The second-order valence-corrected chi connectivity index (χ2v) is 6.22. The quantitative estimate of drug-likeness (QED) is 0.614. The van der Waals surface area contributed by atoms with Crippen molar-refractivity contribution in [3.05, 3.63) is 28.2 Å². The minimum absolute atomic E-state index is 0.00622. The SMILES string of the molecule is CCNCCS(=O)(=O)Nc1cc(Br)c(F)cc1F. The van der Waals surface area contributed by atoms with Crippen molar-refractivity contribution in [3.8, 4) is 0 Å². The fraction of sp³-hybridized carbons (Fsp3) is 0.400. The van der Waals surface area contributed by atoms with Crippen molar-refractivity contribution in [1.82, 2.24) is 5.32 Å². The van der Waals surface area contributed by atoms with E-state index < -0.39 is 21.7 Å². The summed E-state index contributed by atoms with van der Waals surface area (Å²) < 4.78 is 51.6. The van der Waals surface area contributed by atoms with Crippen LogP contribution in [0.25, 0.3) is 0 Å². The van der Waals surface area contributed by atoms with Crippen LogP contribution in [0.4, 0.5) is 14.5 Å². The van der Waals surface area contributed by atoms with Crippen molar-refractivity contribution in [3.63, 3.8) is 0 Å². The van der Waals surface area contributed by atoms with E-state index in [0.29, 0.717) is 12.6 Å². The Hall–Kier alpha value is -0.730. The van der Waals surface area contributed by atoms with E-state index >= 15 is 0 Å². The van der Waals surface area contributed by atoms with E-state index in [1.54, 1.807) is 0 Å². The van der Waals surface area contributed by atoms with Gasteiger partial charge in [0, 0.05) is 12.6 Å². The molecule has 2 N–H and O–H groups in total. The lowest BCUT2D eigenvalue weighted by Gasteiger charge is -2.09. The van der Waals surface area contributed by atoms with E-state index in [2.05, 4.69) is 26.0 Å². The molecule has 4 nitrogen and oxygen atoms in total. The molecule has 0 heterocycles. The summed E-state index contributed by atoms with van der Waals surface area (Å²) in [6.45, 7) is 2.75. The third kappa shape index (κ3) is 4.51. The Morgan fingerprint density at radius 2 is 1.94 bits per heavy atom. The molecule has 18 heavy (non-hydrogen) atoms. The Kier molecular flexibility index (Phi) is 5.48. The number of rotatable bonds is 6. The number of sulfonamides is 1. The molecule has 0 fully saturated rings. The minimum Gasteiger partial charge on any atom is -0.316 e. The fourth-order valence-corrected chi connectivity index (χ4v) is 2.55.